The molecular formula is C60H49F7N2Si2. The van der Waals surface area contributed by atoms with E-state index in [1.54, 1.807) is 4.90 Å². The molecule has 0 heterocycles. The molecular weight excluding hydrogens is 938 g/mol. The molecule has 10 aromatic carbocycles. The molecule has 71 heavy (non-hydrogen) atoms. The average Bonchev–Trinajstić information content (AvgIpc) is 3.32. The predicted octanol–water partition coefficient (Wildman–Crippen LogP) is 17.8. The maximum absolute atomic E-state index is 17.1. The Bertz CT molecular complexity index is 3670. The van der Waals surface area contributed by atoms with E-state index in [0.717, 1.165) is 68.0 Å². The van der Waals surface area contributed by atoms with Crippen LogP contribution in [0.15, 0.2) is 170 Å². The van der Waals surface area contributed by atoms with Gasteiger partial charge in [-0.25, -0.2) is 17.6 Å². The lowest BCUT2D eigenvalue weighted by molar-refractivity contribution is -0.137. The Kier molecular flexibility index (Phi) is 11.7. The summed E-state index contributed by atoms with van der Waals surface area (Å²) in [7, 11) is -3.62. The highest BCUT2D eigenvalue weighted by atomic mass is 28.3. The molecule has 0 aromatic heterocycles. The van der Waals surface area contributed by atoms with Gasteiger partial charge in [-0.05, 0) is 100 Å². The topological polar surface area (TPSA) is 6.48 Å². The molecule has 0 spiro atoms. The summed E-state index contributed by atoms with van der Waals surface area (Å²) in [5.74, 6) is -3.38. The van der Waals surface area contributed by atoms with Crippen molar-refractivity contribution < 1.29 is 30.7 Å². The van der Waals surface area contributed by atoms with Crippen LogP contribution in [0.25, 0.3) is 54.6 Å². The molecule has 0 bridgehead atoms. The lowest BCUT2D eigenvalue weighted by Gasteiger charge is -2.32. The molecule has 0 aliphatic carbocycles. The van der Waals surface area contributed by atoms with Gasteiger partial charge in [0.25, 0.3) is 0 Å². The maximum Gasteiger partial charge on any atom is 0.416 e. The highest BCUT2D eigenvalue weighted by Crippen LogP contribution is 2.51. The Morgan fingerprint density at radius 1 is 0.423 bits per heavy atom. The summed E-state index contributed by atoms with van der Waals surface area (Å²) in [4.78, 5) is 3.52. The molecule has 0 saturated carbocycles. The smallest absolute Gasteiger partial charge is 0.307 e. The van der Waals surface area contributed by atoms with E-state index >= 15 is 17.6 Å². The van der Waals surface area contributed by atoms with Crippen molar-refractivity contribution in [2.45, 2.75) is 52.4 Å². The quantitative estimate of drug-likeness (QED) is 0.0765. The molecule has 0 unspecified atom stereocenters. The third-order valence-corrected chi connectivity index (χ3v) is 17.5. The van der Waals surface area contributed by atoms with Gasteiger partial charge in [-0.2, -0.15) is 13.2 Å². The first-order valence-electron chi connectivity index (χ1n) is 23.4. The molecule has 0 atom stereocenters. The zero-order chi connectivity index (χ0) is 50.3. The van der Waals surface area contributed by atoms with Crippen molar-refractivity contribution in [3.8, 4) is 22.3 Å². The van der Waals surface area contributed by atoms with Crippen LogP contribution in [-0.2, 0) is 6.18 Å². The van der Waals surface area contributed by atoms with Gasteiger partial charge in [-0.3, -0.25) is 0 Å². The second-order valence-corrected chi connectivity index (χ2v) is 30.5. The van der Waals surface area contributed by atoms with Crippen LogP contribution in [0.2, 0.25) is 39.3 Å². The molecule has 0 amide bonds. The van der Waals surface area contributed by atoms with Crippen LogP contribution in [0, 0.1) is 30.2 Å². The minimum atomic E-state index is -4.71. The Labute approximate surface area is 410 Å². The first-order chi connectivity index (χ1) is 33.7. The number of hydrogen-bond donors (Lipinski definition) is 0. The van der Waals surface area contributed by atoms with Crippen molar-refractivity contribution in [3.05, 3.63) is 204 Å². The van der Waals surface area contributed by atoms with E-state index in [1.807, 2.05) is 121 Å². The molecule has 0 fully saturated rings. The van der Waals surface area contributed by atoms with Gasteiger partial charge in [-0.1, -0.05) is 152 Å². The van der Waals surface area contributed by atoms with Crippen LogP contribution in [0.4, 0.5) is 64.9 Å². The number of aryl methyl sites for hydroxylation is 1. The molecule has 2 nitrogen and oxygen atoms in total. The van der Waals surface area contributed by atoms with E-state index in [4.69, 9.17) is 0 Å². The highest BCUT2D eigenvalue weighted by Gasteiger charge is 2.33. The maximum atomic E-state index is 17.1. The number of benzene rings is 10. The van der Waals surface area contributed by atoms with Gasteiger partial charge < -0.3 is 9.80 Å². The summed E-state index contributed by atoms with van der Waals surface area (Å²) >= 11 is 0. The van der Waals surface area contributed by atoms with Crippen molar-refractivity contribution in [2.75, 3.05) is 9.80 Å². The van der Waals surface area contributed by atoms with Crippen molar-refractivity contribution in [1.29, 1.82) is 0 Å². The Morgan fingerprint density at radius 3 is 1.24 bits per heavy atom. The fraction of sp³-hybridized carbons (Fsp3) is 0.133. The van der Waals surface area contributed by atoms with E-state index in [1.165, 1.54) is 23.4 Å². The van der Waals surface area contributed by atoms with Crippen molar-refractivity contribution in [1.82, 2.24) is 0 Å². The van der Waals surface area contributed by atoms with E-state index < -0.39 is 51.2 Å². The zero-order valence-corrected chi connectivity index (χ0v) is 42.2. The number of alkyl halides is 3. The molecule has 0 aliphatic rings. The van der Waals surface area contributed by atoms with Gasteiger partial charge >= 0.3 is 6.18 Å². The second kappa shape index (κ2) is 17.6. The Morgan fingerprint density at radius 2 is 0.831 bits per heavy atom. The monoisotopic (exact) mass is 986 g/mol. The van der Waals surface area contributed by atoms with Gasteiger partial charge in [0.2, 0.25) is 0 Å². The van der Waals surface area contributed by atoms with Gasteiger partial charge in [0.05, 0.1) is 44.5 Å². The number of halogens is 7. The third-order valence-electron chi connectivity index (χ3n) is 13.4. The number of hydrogen-bond acceptors (Lipinski definition) is 2. The van der Waals surface area contributed by atoms with Crippen LogP contribution in [0.5, 0.6) is 0 Å². The van der Waals surface area contributed by atoms with Gasteiger partial charge in [-0.15, -0.1) is 0 Å². The fourth-order valence-electron chi connectivity index (χ4n) is 9.86. The van der Waals surface area contributed by atoms with Gasteiger partial charge in [0.15, 0.2) is 11.6 Å². The standard InChI is InChI=1S/C60H49F7N2Si2/c1-36-10-8-11-39(30-36)50-32-42(61)34-52(63)58(50)68(44-18-22-46(23-19-44)70(2,3)4)54-28-16-37-15-27-49-55(29-17-38-14-26-48(54)56(37)57(38)49)69(45-20-24-47(25-21-45)71(5,6)7)59-51(33-43(62)35-53(59)64)40-12-9-13-41(31-40)60(65,66)67/h8-35H,1-7H3. The normalized spacial score (nSPS) is 12.4. The first kappa shape index (κ1) is 47.5. The fourth-order valence-corrected chi connectivity index (χ4v) is 12.2. The largest absolute Gasteiger partial charge is 0.416 e. The first-order valence-corrected chi connectivity index (χ1v) is 30.4. The Balaban J connectivity index is 1.27. The molecule has 11 heteroatoms. The van der Waals surface area contributed by atoms with Crippen LogP contribution >= 0.6 is 0 Å². The van der Waals surface area contributed by atoms with Crippen LogP contribution in [0.3, 0.4) is 0 Å². The minimum Gasteiger partial charge on any atom is -0.307 e. The third kappa shape index (κ3) is 8.75. The number of nitrogens with zero attached hydrogens (tertiary/aromatic N) is 2. The SMILES string of the molecule is Cc1cccc(-c2cc(F)cc(F)c2N(c2ccc([Si](C)(C)C)cc2)c2ccc3ccc4c(N(c5ccc([Si](C)(C)C)cc5)c5c(F)cc(F)cc5-c5cccc(C(F)(F)F)c5)ccc5ccc2c3c54)c1. The molecule has 10 rings (SSSR count). The average molecular weight is 987 g/mol. The molecule has 10 aromatic rings. The van der Waals surface area contributed by atoms with E-state index in [0.29, 0.717) is 39.3 Å². The minimum absolute atomic E-state index is 0.0182. The summed E-state index contributed by atoms with van der Waals surface area (Å²) in [5.41, 5.74) is 3.17. The highest BCUT2D eigenvalue weighted by molar-refractivity contribution is 6.89. The number of rotatable bonds is 10. The second-order valence-electron chi connectivity index (χ2n) is 20.4. The summed E-state index contributed by atoms with van der Waals surface area (Å²) in [6.45, 7) is 15.3. The predicted molar refractivity (Wildman–Crippen MR) is 286 cm³/mol. The molecule has 0 N–H and O–H groups in total. The van der Waals surface area contributed by atoms with E-state index in [9.17, 15) is 13.2 Å². The lowest BCUT2D eigenvalue weighted by Crippen LogP contribution is -2.37. The Hall–Kier alpha value is -7.22. The van der Waals surface area contributed by atoms with Gasteiger partial charge in [0, 0.05) is 45.4 Å². The number of anilines is 6. The zero-order valence-electron chi connectivity index (χ0n) is 40.2. The van der Waals surface area contributed by atoms with Crippen LogP contribution in [-0.4, -0.2) is 16.1 Å². The van der Waals surface area contributed by atoms with Crippen LogP contribution < -0.4 is 20.2 Å². The molecule has 0 aliphatic heterocycles. The van der Waals surface area contributed by atoms with Crippen LogP contribution in [0.1, 0.15) is 11.1 Å². The van der Waals surface area contributed by atoms with Crippen molar-refractivity contribution >= 4 is 93.0 Å². The lowest BCUT2D eigenvalue weighted by atomic mass is 9.91. The summed E-state index contributed by atoms with van der Waals surface area (Å²) < 4.78 is 108. The summed E-state index contributed by atoms with van der Waals surface area (Å²) in [5, 5.41) is 7.05. The molecule has 0 radical (unpaired) electrons. The van der Waals surface area contributed by atoms with Gasteiger partial charge in [0.1, 0.15) is 11.6 Å². The van der Waals surface area contributed by atoms with Crippen molar-refractivity contribution in [2.24, 2.45) is 0 Å². The van der Waals surface area contributed by atoms with E-state index in [2.05, 4.69) is 51.4 Å². The summed E-state index contributed by atoms with van der Waals surface area (Å²) in [6, 6.07) is 47.6. The van der Waals surface area contributed by atoms with Crippen molar-refractivity contribution in [3.63, 3.8) is 0 Å². The molecule has 356 valence electrons. The summed E-state index contributed by atoms with van der Waals surface area (Å²) in [6.07, 6.45) is -4.71. The molecule has 0 saturated heterocycles. The van der Waals surface area contributed by atoms with E-state index in [-0.39, 0.29) is 22.5 Å².